The molecule has 116 valence electrons. The highest BCUT2D eigenvalue weighted by molar-refractivity contribution is 5.92. The number of H-pyrrole nitrogens is 2. The van der Waals surface area contributed by atoms with Crippen LogP contribution >= 0.6 is 0 Å². The Bertz CT molecular complexity index is 738. The summed E-state index contributed by atoms with van der Waals surface area (Å²) in [5.41, 5.74) is 1.54. The number of likely N-dealkylation sites (tertiary alicyclic amines) is 1. The topological polar surface area (TPSA) is 115 Å². The van der Waals surface area contributed by atoms with E-state index in [2.05, 4.69) is 20.2 Å². The lowest BCUT2D eigenvalue weighted by Gasteiger charge is -2.15. The van der Waals surface area contributed by atoms with E-state index in [1.807, 2.05) is 13.0 Å². The molecule has 1 saturated heterocycles. The highest BCUT2D eigenvalue weighted by Gasteiger charge is 2.35. The van der Waals surface area contributed by atoms with Gasteiger partial charge in [-0.15, -0.1) is 0 Å². The van der Waals surface area contributed by atoms with Crippen molar-refractivity contribution in [3.63, 3.8) is 0 Å². The first-order chi connectivity index (χ1) is 10.5. The first-order valence-corrected chi connectivity index (χ1v) is 7.05. The maximum Gasteiger partial charge on any atom is 0.272 e. The number of amides is 1. The summed E-state index contributed by atoms with van der Waals surface area (Å²) < 4.78 is 0. The van der Waals surface area contributed by atoms with E-state index in [0.29, 0.717) is 13.0 Å². The van der Waals surface area contributed by atoms with Gasteiger partial charge in [-0.2, -0.15) is 5.10 Å². The molecule has 8 nitrogen and oxygen atoms in total. The van der Waals surface area contributed by atoms with Gasteiger partial charge >= 0.3 is 0 Å². The number of β-amino-alcohol motifs (C(OH)–C–C–N with tert-alkyl or cyclic N) is 1. The van der Waals surface area contributed by atoms with Crippen LogP contribution in [0.15, 0.2) is 23.3 Å². The second-order valence-corrected chi connectivity index (χ2v) is 5.59. The molecule has 0 radical (unpaired) electrons. The van der Waals surface area contributed by atoms with Crippen LogP contribution < -0.4 is 5.56 Å². The van der Waals surface area contributed by atoms with Gasteiger partial charge in [0, 0.05) is 24.7 Å². The van der Waals surface area contributed by atoms with Crippen LogP contribution in [0.25, 0.3) is 0 Å². The van der Waals surface area contributed by atoms with Crippen molar-refractivity contribution in [3.8, 4) is 0 Å². The fourth-order valence-electron chi connectivity index (χ4n) is 2.72. The van der Waals surface area contributed by atoms with Crippen LogP contribution in [0, 0.1) is 12.8 Å². The van der Waals surface area contributed by atoms with Gasteiger partial charge in [-0.25, -0.2) is 0 Å². The number of rotatable bonds is 3. The maximum absolute atomic E-state index is 12.3. The summed E-state index contributed by atoms with van der Waals surface area (Å²) in [5.74, 6) is -0.403. The number of carbonyl (C=O) groups is 1. The van der Waals surface area contributed by atoms with E-state index in [1.54, 1.807) is 0 Å². The van der Waals surface area contributed by atoms with Crippen LogP contribution in [0.1, 0.15) is 21.9 Å². The molecule has 3 N–H and O–H groups in total. The largest absolute Gasteiger partial charge is 0.391 e. The first kappa shape index (κ1) is 14.5. The molecule has 1 fully saturated rings. The number of hydrogen-bond donors (Lipinski definition) is 3. The number of aliphatic hydroxyl groups is 1. The van der Waals surface area contributed by atoms with E-state index in [0.717, 1.165) is 17.6 Å². The Morgan fingerprint density at radius 2 is 2.27 bits per heavy atom. The van der Waals surface area contributed by atoms with Crippen molar-refractivity contribution in [2.75, 3.05) is 13.1 Å². The molecule has 8 heteroatoms. The SMILES string of the molecule is Cc1cc(C[C@@H]2CN(C(=O)c3cncc(=O)[nH]3)C[C@@H]2O)n[nH]1. The third-order valence-corrected chi connectivity index (χ3v) is 3.81. The number of nitrogens with one attached hydrogen (secondary N) is 2. The average Bonchev–Trinajstić information content (AvgIpc) is 3.05. The predicted molar refractivity (Wildman–Crippen MR) is 77.3 cm³/mol. The molecule has 0 bridgehead atoms. The fraction of sp³-hybridized carbons (Fsp3) is 0.429. The molecule has 0 spiro atoms. The van der Waals surface area contributed by atoms with Gasteiger partial charge in [0.25, 0.3) is 11.5 Å². The Morgan fingerprint density at radius 3 is 2.95 bits per heavy atom. The van der Waals surface area contributed by atoms with E-state index in [-0.39, 0.29) is 24.1 Å². The minimum Gasteiger partial charge on any atom is -0.391 e. The van der Waals surface area contributed by atoms with Crippen LogP contribution in [0.4, 0.5) is 0 Å². The zero-order valence-electron chi connectivity index (χ0n) is 12.1. The average molecular weight is 303 g/mol. The molecule has 0 unspecified atom stereocenters. The second-order valence-electron chi connectivity index (χ2n) is 5.59. The van der Waals surface area contributed by atoms with Crippen molar-refractivity contribution >= 4 is 5.91 Å². The zero-order valence-corrected chi connectivity index (χ0v) is 12.1. The van der Waals surface area contributed by atoms with Gasteiger partial charge in [0.05, 0.1) is 24.2 Å². The number of carbonyl (C=O) groups excluding carboxylic acids is 1. The van der Waals surface area contributed by atoms with Crippen LogP contribution in [0.2, 0.25) is 0 Å². The van der Waals surface area contributed by atoms with Crippen LogP contribution in [0.3, 0.4) is 0 Å². The number of aromatic amines is 2. The molecule has 3 rings (SSSR count). The second kappa shape index (κ2) is 5.72. The molecular formula is C14H17N5O3. The van der Waals surface area contributed by atoms with Gasteiger partial charge in [-0.1, -0.05) is 0 Å². The molecular weight excluding hydrogens is 286 g/mol. The normalized spacial score (nSPS) is 21.3. The number of aryl methyl sites for hydroxylation is 1. The van der Waals surface area contributed by atoms with Crippen LogP contribution in [0.5, 0.6) is 0 Å². The predicted octanol–water partition coefficient (Wildman–Crippen LogP) is -0.523. The highest BCUT2D eigenvalue weighted by Crippen LogP contribution is 2.22. The molecule has 0 aliphatic carbocycles. The monoisotopic (exact) mass is 303 g/mol. The van der Waals surface area contributed by atoms with Crippen molar-refractivity contribution in [2.45, 2.75) is 19.4 Å². The van der Waals surface area contributed by atoms with E-state index in [9.17, 15) is 14.7 Å². The molecule has 2 atom stereocenters. The molecule has 0 aromatic carbocycles. The van der Waals surface area contributed by atoms with Crippen molar-refractivity contribution in [2.24, 2.45) is 5.92 Å². The molecule has 1 aliphatic rings. The fourth-order valence-corrected chi connectivity index (χ4v) is 2.72. The van der Waals surface area contributed by atoms with Gasteiger partial charge in [0.1, 0.15) is 5.69 Å². The Kier molecular flexibility index (Phi) is 3.76. The summed E-state index contributed by atoms with van der Waals surface area (Å²) in [5, 5.41) is 17.2. The Hall–Kier alpha value is -2.48. The Balaban J connectivity index is 1.70. The van der Waals surface area contributed by atoms with Crippen molar-refractivity contribution in [3.05, 3.63) is 45.9 Å². The Morgan fingerprint density at radius 1 is 1.45 bits per heavy atom. The number of hydrogen-bond acceptors (Lipinski definition) is 5. The summed E-state index contributed by atoms with van der Waals surface area (Å²) >= 11 is 0. The molecule has 2 aromatic rings. The summed E-state index contributed by atoms with van der Waals surface area (Å²) in [4.78, 5) is 31.3. The number of aromatic nitrogens is 4. The summed E-state index contributed by atoms with van der Waals surface area (Å²) in [6.07, 6.45) is 2.42. The first-order valence-electron chi connectivity index (χ1n) is 7.05. The lowest BCUT2D eigenvalue weighted by Crippen LogP contribution is -2.31. The zero-order chi connectivity index (χ0) is 15.7. The van der Waals surface area contributed by atoms with Gasteiger partial charge in [0.2, 0.25) is 0 Å². The summed E-state index contributed by atoms with van der Waals surface area (Å²) in [6, 6.07) is 1.93. The van der Waals surface area contributed by atoms with Crippen molar-refractivity contribution in [1.82, 2.24) is 25.1 Å². The molecule has 1 aliphatic heterocycles. The summed E-state index contributed by atoms with van der Waals surface area (Å²) in [6.45, 7) is 2.57. The van der Waals surface area contributed by atoms with Gasteiger partial charge in [-0.05, 0) is 19.4 Å². The lowest BCUT2D eigenvalue weighted by molar-refractivity contribution is 0.0758. The van der Waals surface area contributed by atoms with E-state index >= 15 is 0 Å². The minimum atomic E-state index is -0.607. The van der Waals surface area contributed by atoms with Gasteiger partial charge in [0.15, 0.2) is 0 Å². The molecule has 22 heavy (non-hydrogen) atoms. The van der Waals surface area contributed by atoms with Crippen molar-refractivity contribution in [1.29, 1.82) is 0 Å². The third-order valence-electron chi connectivity index (χ3n) is 3.81. The molecule has 3 heterocycles. The van der Waals surface area contributed by atoms with Gasteiger partial charge < -0.3 is 15.0 Å². The van der Waals surface area contributed by atoms with Crippen LogP contribution in [-0.4, -0.2) is 55.3 Å². The van der Waals surface area contributed by atoms with E-state index < -0.39 is 11.7 Å². The lowest BCUT2D eigenvalue weighted by atomic mass is 10.0. The standard InChI is InChI=1S/C14H17N5O3/c1-8-2-10(18-17-8)3-9-6-19(7-12(9)20)14(22)11-4-15-5-13(21)16-11/h2,4-5,9,12,20H,3,6-7H2,1H3,(H,16,21)(H,17,18)/t9-,12+/m1/s1. The smallest absolute Gasteiger partial charge is 0.272 e. The van der Waals surface area contributed by atoms with E-state index in [4.69, 9.17) is 0 Å². The molecule has 1 amide bonds. The Labute approximate surface area is 126 Å². The number of aliphatic hydroxyl groups excluding tert-OH is 1. The third kappa shape index (κ3) is 2.91. The van der Waals surface area contributed by atoms with Gasteiger partial charge in [-0.3, -0.25) is 19.7 Å². The minimum absolute atomic E-state index is 0.0740. The summed E-state index contributed by atoms with van der Waals surface area (Å²) in [7, 11) is 0. The number of nitrogens with zero attached hydrogens (tertiary/aromatic N) is 3. The highest BCUT2D eigenvalue weighted by atomic mass is 16.3. The molecule has 0 saturated carbocycles. The van der Waals surface area contributed by atoms with E-state index in [1.165, 1.54) is 11.1 Å². The van der Waals surface area contributed by atoms with Crippen molar-refractivity contribution < 1.29 is 9.90 Å². The quantitative estimate of drug-likeness (QED) is 0.705. The van der Waals surface area contributed by atoms with Crippen LogP contribution in [-0.2, 0) is 6.42 Å². The maximum atomic E-state index is 12.3. The molecule has 2 aromatic heterocycles.